The molecule has 0 heterocycles. The molecule has 2 N–H and O–H groups in total. The minimum Gasteiger partial charge on any atom is -0.366 e. The van der Waals surface area contributed by atoms with Crippen LogP contribution in [0, 0.1) is 6.92 Å². The van der Waals surface area contributed by atoms with Crippen molar-refractivity contribution < 1.29 is 10.2 Å². The fourth-order valence-electron chi connectivity index (χ4n) is 1.62. The molecule has 0 aromatic heterocycles. The number of aliphatic hydroxyl groups is 2. The summed E-state index contributed by atoms with van der Waals surface area (Å²) < 4.78 is 0. The fourth-order valence-corrected chi connectivity index (χ4v) is 1.62. The second kappa shape index (κ2) is 4.58. The molecule has 1 radical (unpaired) electrons. The molecule has 1 aromatic rings. The number of hydrogen-bond donors (Lipinski definition) is 2. The Balaban J connectivity index is 2.73. The Kier molecular flexibility index (Phi) is 3.67. The summed E-state index contributed by atoms with van der Waals surface area (Å²) in [6, 6.07) is 9.86. The summed E-state index contributed by atoms with van der Waals surface area (Å²) in [4.78, 5) is 0. The molecule has 0 spiro atoms. The molecule has 2 nitrogen and oxygen atoms in total. The van der Waals surface area contributed by atoms with Gasteiger partial charge in [0.05, 0.1) is 0 Å². The first kappa shape index (κ1) is 11.2. The number of benzene rings is 1. The van der Waals surface area contributed by atoms with E-state index in [9.17, 15) is 10.2 Å². The third kappa shape index (κ3) is 3.48. The monoisotopic (exact) mass is 193 g/mol. The predicted molar refractivity (Wildman–Crippen MR) is 56.6 cm³/mol. The largest absolute Gasteiger partial charge is 0.366 e. The molecule has 0 saturated carbocycles. The lowest BCUT2D eigenvalue weighted by molar-refractivity contribution is -0.129. The average molecular weight is 193 g/mol. The molecule has 1 unspecified atom stereocenters. The zero-order valence-electron chi connectivity index (χ0n) is 8.48. The van der Waals surface area contributed by atoms with Crippen LogP contribution >= 0.6 is 0 Å². The van der Waals surface area contributed by atoms with Gasteiger partial charge in [-0.2, -0.15) is 0 Å². The van der Waals surface area contributed by atoms with E-state index >= 15 is 0 Å². The SMILES string of the molecule is [CH2]C(O)(O)CC(CC)c1ccccc1. The third-order valence-corrected chi connectivity index (χ3v) is 2.34. The van der Waals surface area contributed by atoms with Gasteiger partial charge in [0, 0.05) is 13.3 Å². The van der Waals surface area contributed by atoms with Crippen LogP contribution in [0.1, 0.15) is 31.2 Å². The highest BCUT2D eigenvalue weighted by Gasteiger charge is 2.22. The minimum atomic E-state index is -1.82. The van der Waals surface area contributed by atoms with E-state index in [4.69, 9.17) is 0 Å². The Hall–Kier alpha value is -0.860. The minimum absolute atomic E-state index is 0.156. The Morgan fingerprint density at radius 3 is 2.29 bits per heavy atom. The molecule has 77 valence electrons. The highest BCUT2D eigenvalue weighted by atomic mass is 16.5. The van der Waals surface area contributed by atoms with Gasteiger partial charge in [0.2, 0.25) is 0 Å². The van der Waals surface area contributed by atoms with Crippen LogP contribution in [-0.2, 0) is 0 Å². The zero-order valence-corrected chi connectivity index (χ0v) is 8.48. The topological polar surface area (TPSA) is 40.5 Å². The Morgan fingerprint density at radius 2 is 1.86 bits per heavy atom. The smallest absolute Gasteiger partial charge is 0.163 e. The first-order valence-electron chi connectivity index (χ1n) is 4.88. The lowest BCUT2D eigenvalue weighted by atomic mass is 9.90. The van der Waals surface area contributed by atoms with Crippen molar-refractivity contribution >= 4 is 0 Å². The molecule has 1 aromatic carbocycles. The standard InChI is InChI=1S/C12H17O2/c1-3-10(9-12(2,13)14)11-7-5-4-6-8-11/h4-8,10,13-14H,2-3,9H2,1H3. The van der Waals surface area contributed by atoms with Gasteiger partial charge in [0.15, 0.2) is 5.79 Å². The van der Waals surface area contributed by atoms with Crippen LogP contribution in [0.25, 0.3) is 0 Å². The number of rotatable bonds is 4. The first-order chi connectivity index (χ1) is 6.53. The van der Waals surface area contributed by atoms with Crippen molar-refractivity contribution in [2.45, 2.75) is 31.5 Å². The maximum Gasteiger partial charge on any atom is 0.163 e. The van der Waals surface area contributed by atoms with E-state index in [1.807, 2.05) is 37.3 Å². The summed E-state index contributed by atoms with van der Waals surface area (Å²) in [5, 5.41) is 18.4. The molecular formula is C12H17O2. The van der Waals surface area contributed by atoms with Crippen molar-refractivity contribution in [2.24, 2.45) is 0 Å². The van der Waals surface area contributed by atoms with E-state index in [1.165, 1.54) is 0 Å². The van der Waals surface area contributed by atoms with E-state index in [0.29, 0.717) is 0 Å². The highest BCUT2D eigenvalue weighted by molar-refractivity contribution is 5.19. The van der Waals surface area contributed by atoms with E-state index in [1.54, 1.807) is 0 Å². The van der Waals surface area contributed by atoms with Crippen LogP contribution in [0.2, 0.25) is 0 Å². The van der Waals surface area contributed by atoms with Crippen molar-refractivity contribution in [1.82, 2.24) is 0 Å². The molecule has 0 fully saturated rings. The molecule has 0 aliphatic carbocycles. The fraction of sp³-hybridized carbons (Fsp3) is 0.417. The molecule has 2 heteroatoms. The lowest BCUT2D eigenvalue weighted by Crippen LogP contribution is -2.26. The van der Waals surface area contributed by atoms with Crippen LogP contribution in [0.15, 0.2) is 30.3 Å². The summed E-state index contributed by atoms with van der Waals surface area (Å²) in [7, 11) is 0. The van der Waals surface area contributed by atoms with Gasteiger partial charge in [0.25, 0.3) is 0 Å². The van der Waals surface area contributed by atoms with E-state index in [-0.39, 0.29) is 12.3 Å². The van der Waals surface area contributed by atoms with Crippen LogP contribution in [-0.4, -0.2) is 16.0 Å². The van der Waals surface area contributed by atoms with Gasteiger partial charge in [-0.1, -0.05) is 37.3 Å². The summed E-state index contributed by atoms with van der Waals surface area (Å²) in [5.74, 6) is -1.67. The molecule has 1 rings (SSSR count). The lowest BCUT2D eigenvalue weighted by Gasteiger charge is -2.23. The van der Waals surface area contributed by atoms with Gasteiger partial charge in [-0.15, -0.1) is 0 Å². The second-order valence-corrected chi connectivity index (χ2v) is 3.70. The number of hydrogen-bond acceptors (Lipinski definition) is 2. The van der Waals surface area contributed by atoms with Gasteiger partial charge < -0.3 is 10.2 Å². The molecule has 0 aliphatic rings. The predicted octanol–water partition coefficient (Wildman–Crippen LogP) is 2.09. The molecular weight excluding hydrogens is 176 g/mol. The zero-order chi connectivity index (χ0) is 10.6. The maximum atomic E-state index is 9.22. The van der Waals surface area contributed by atoms with Crippen molar-refractivity contribution in [3.05, 3.63) is 42.8 Å². The third-order valence-electron chi connectivity index (χ3n) is 2.34. The normalized spacial score (nSPS) is 14.0. The highest BCUT2D eigenvalue weighted by Crippen LogP contribution is 2.27. The molecule has 1 atom stereocenters. The van der Waals surface area contributed by atoms with Gasteiger partial charge in [-0.05, 0) is 17.9 Å². The van der Waals surface area contributed by atoms with E-state index in [2.05, 4.69) is 6.92 Å². The van der Waals surface area contributed by atoms with Crippen LogP contribution < -0.4 is 0 Å². The Morgan fingerprint density at radius 1 is 1.29 bits per heavy atom. The van der Waals surface area contributed by atoms with Gasteiger partial charge >= 0.3 is 0 Å². The van der Waals surface area contributed by atoms with E-state index < -0.39 is 5.79 Å². The van der Waals surface area contributed by atoms with Gasteiger partial charge in [-0.3, -0.25) is 0 Å². The van der Waals surface area contributed by atoms with Crippen molar-refractivity contribution in [3.63, 3.8) is 0 Å². The Bertz CT molecular complexity index is 261. The van der Waals surface area contributed by atoms with Crippen LogP contribution in [0.5, 0.6) is 0 Å². The van der Waals surface area contributed by atoms with Crippen LogP contribution in [0.3, 0.4) is 0 Å². The quantitative estimate of drug-likeness (QED) is 0.719. The molecule has 0 bridgehead atoms. The van der Waals surface area contributed by atoms with E-state index in [0.717, 1.165) is 12.0 Å². The molecule has 14 heavy (non-hydrogen) atoms. The maximum absolute atomic E-state index is 9.22. The van der Waals surface area contributed by atoms with Crippen molar-refractivity contribution in [1.29, 1.82) is 0 Å². The van der Waals surface area contributed by atoms with Crippen molar-refractivity contribution in [3.8, 4) is 0 Å². The summed E-state index contributed by atoms with van der Waals surface area (Å²) in [6.07, 6.45) is 1.15. The summed E-state index contributed by atoms with van der Waals surface area (Å²) in [6.45, 7) is 5.33. The van der Waals surface area contributed by atoms with Gasteiger partial charge in [-0.25, -0.2) is 0 Å². The molecule has 0 saturated heterocycles. The van der Waals surface area contributed by atoms with Crippen LogP contribution in [0.4, 0.5) is 0 Å². The molecule has 0 aliphatic heterocycles. The average Bonchev–Trinajstić information content (AvgIpc) is 2.14. The summed E-state index contributed by atoms with van der Waals surface area (Å²) in [5.41, 5.74) is 1.13. The Labute approximate surface area is 85.2 Å². The first-order valence-corrected chi connectivity index (χ1v) is 4.88. The second-order valence-electron chi connectivity index (χ2n) is 3.70. The van der Waals surface area contributed by atoms with Crippen molar-refractivity contribution in [2.75, 3.05) is 0 Å². The summed E-state index contributed by atoms with van der Waals surface area (Å²) >= 11 is 0. The van der Waals surface area contributed by atoms with Gasteiger partial charge in [0.1, 0.15) is 0 Å². The molecule has 0 amide bonds.